The van der Waals surface area contributed by atoms with Crippen LogP contribution in [0.2, 0.25) is 0 Å². The van der Waals surface area contributed by atoms with E-state index in [9.17, 15) is 5.11 Å². The summed E-state index contributed by atoms with van der Waals surface area (Å²) in [5.41, 5.74) is 1.94. The lowest BCUT2D eigenvalue weighted by molar-refractivity contribution is 0.213. The minimum Gasteiger partial charge on any atom is -0.508 e. The average Bonchev–Trinajstić information content (AvgIpc) is 2.80. The number of benzene rings is 1. The van der Waals surface area contributed by atoms with Crippen molar-refractivity contribution >= 4 is 0 Å². The number of hydrogen-bond donors (Lipinski definition) is 1. The molecule has 0 aliphatic heterocycles. The number of nitrogens with zero attached hydrogens (tertiary/aromatic N) is 2. The van der Waals surface area contributed by atoms with Gasteiger partial charge in [-0.05, 0) is 88.7 Å². The van der Waals surface area contributed by atoms with Crippen LogP contribution in [-0.2, 0) is 10.8 Å². The second-order valence-electron chi connectivity index (χ2n) is 11.8. The van der Waals surface area contributed by atoms with Crippen LogP contribution in [0.1, 0.15) is 119 Å². The van der Waals surface area contributed by atoms with Crippen molar-refractivity contribution in [3.05, 3.63) is 23.3 Å². The van der Waals surface area contributed by atoms with E-state index in [0.717, 1.165) is 68.7 Å². The third kappa shape index (κ3) is 8.97. The minimum atomic E-state index is -0.109. The predicted octanol–water partition coefficient (Wildman–Crippen LogP) is 7.76. The molecule has 1 rings (SSSR count). The number of phenolic OH excluding ortho intramolecular Hbond substituents is 1. The van der Waals surface area contributed by atoms with Crippen LogP contribution in [0.3, 0.4) is 0 Å². The van der Waals surface area contributed by atoms with Crippen LogP contribution < -0.4 is 4.74 Å². The van der Waals surface area contributed by atoms with E-state index in [4.69, 9.17) is 4.74 Å². The molecular weight excluding hydrogens is 432 g/mol. The van der Waals surface area contributed by atoms with E-state index < -0.39 is 0 Å². The van der Waals surface area contributed by atoms with Gasteiger partial charge < -0.3 is 19.6 Å². The summed E-state index contributed by atoms with van der Waals surface area (Å²) in [7, 11) is 1.76. The van der Waals surface area contributed by atoms with Gasteiger partial charge in [0.2, 0.25) is 0 Å². The molecule has 2 unspecified atom stereocenters. The van der Waals surface area contributed by atoms with Crippen LogP contribution in [0.5, 0.6) is 11.5 Å². The fraction of sp³-hybridized carbons (Fsp3) is 0.806. The van der Waals surface area contributed by atoms with Gasteiger partial charge in [0.05, 0.1) is 7.11 Å². The number of rotatable bonds is 17. The van der Waals surface area contributed by atoms with Crippen molar-refractivity contribution in [3.8, 4) is 11.5 Å². The molecule has 0 saturated heterocycles. The van der Waals surface area contributed by atoms with Gasteiger partial charge >= 0.3 is 0 Å². The summed E-state index contributed by atoms with van der Waals surface area (Å²) in [6.45, 7) is 27.1. The third-order valence-corrected chi connectivity index (χ3v) is 8.49. The second kappa shape index (κ2) is 14.5. The molecule has 4 nitrogen and oxygen atoms in total. The average molecular weight is 491 g/mol. The maximum Gasteiger partial charge on any atom is 0.123 e. The Bertz CT molecular complexity index is 736. The molecule has 1 aromatic rings. The van der Waals surface area contributed by atoms with Gasteiger partial charge in [0, 0.05) is 23.2 Å². The molecule has 0 aromatic heterocycles. The summed E-state index contributed by atoms with van der Waals surface area (Å²) < 4.78 is 5.90. The molecule has 0 aliphatic rings. The Morgan fingerprint density at radius 1 is 0.743 bits per heavy atom. The first-order valence-electron chi connectivity index (χ1n) is 14.3. The van der Waals surface area contributed by atoms with Crippen molar-refractivity contribution in [1.29, 1.82) is 0 Å². The zero-order valence-electron chi connectivity index (χ0n) is 25.1. The minimum absolute atomic E-state index is 0.0618. The number of phenols is 1. The van der Waals surface area contributed by atoms with E-state index in [1.165, 1.54) is 12.8 Å². The van der Waals surface area contributed by atoms with Gasteiger partial charge in [-0.15, -0.1) is 0 Å². The summed E-state index contributed by atoms with van der Waals surface area (Å²) in [5.74, 6) is 1.32. The quantitative estimate of drug-likeness (QED) is 0.242. The highest BCUT2D eigenvalue weighted by atomic mass is 16.5. The first-order valence-corrected chi connectivity index (χ1v) is 14.3. The number of aromatic hydroxyl groups is 1. The number of methoxy groups -OCH3 is 1. The molecule has 0 aliphatic carbocycles. The summed E-state index contributed by atoms with van der Waals surface area (Å²) in [4.78, 5) is 5.05. The highest BCUT2D eigenvalue weighted by Gasteiger charge is 2.30. The fourth-order valence-electron chi connectivity index (χ4n) is 5.82. The Balaban J connectivity index is 2.96. The zero-order chi connectivity index (χ0) is 26.8. The molecule has 0 fully saturated rings. The lowest BCUT2D eigenvalue weighted by Crippen LogP contribution is -2.33. The highest BCUT2D eigenvalue weighted by Crippen LogP contribution is 2.44. The largest absolute Gasteiger partial charge is 0.508 e. The maximum atomic E-state index is 11.2. The van der Waals surface area contributed by atoms with Gasteiger partial charge in [-0.2, -0.15) is 0 Å². The molecule has 0 bridgehead atoms. The number of hydrogen-bond acceptors (Lipinski definition) is 4. The maximum absolute atomic E-state index is 11.2. The molecule has 1 N–H and O–H groups in total. The van der Waals surface area contributed by atoms with Gasteiger partial charge in [0.1, 0.15) is 11.5 Å². The lowest BCUT2D eigenvalue weighted by atomic mass is 9.75. The molecular formula is C31H58N2O2. The SMILES string of the molecule is CCN(CC)C(C)CCCC(C)(C)c1cc(OC)c(C(C)(C)CCCC(C)N(CC)CC)cc1O. The Morgan fingerprint density at radius 2 is 1.14 bits per heavy atom. The predicted molar refractivity (Wildman–Crippen MR) is 153 cm³/mol. The Hall–Kier alpha value is -1.26. The van der Waals surface area contributed by atoms with Gasteiger partial charge in [-0.1, -0.05) is 68.2 Å². The molecule has 35 heavy (non-hydrogen) atoms. The monoisotopic (exact) mass is 490 g/mol. The topological polar surface area (TPSA) is 35.9 Å². The van der Waals surface area contributed by atoms with Crippen molar-refractivity contribution < 1.29 is 9.84 Å². The lowest BCUT2D eigenvalue weighted by Gasteiger charge is -2.33. The molecule has 204 valence electrons. The molecule has 0 spiro atoms. The van der Waals surface area contributed by atoms with Crippen molar-refractivity contribution in [2.45, 2.75) is 131 Å². The van der Waals surface area contributed by atoms with Crippen LogP contribution in [0.25, 0.3) is 0 Å². The normalized spacial score (nSPS) is 14.5. The molecule has 1 aromatic carbocycles. The fourth-order valence-corrected chi connectivity index (χ4v) is 5.82. The smallest absolute Gasteiger partial charge is 0.123 e. The Labute approximate surface area is 218 Å². The highest BCUT2D eigenvalue weighted by molar-refractivity contribution is 5.51. The van der Waals surface area contributed by atoms with E-state index >= 15 is 0 Å². The molecule has 4 heteroatoms. The van der Waals surface area contributed by atoms with E-state index in [1.54, 1.807) is 7.11 Å². The van der Waals surface area contributed by atoms with Crippen LogP contribution in [-0.4, -0.2) is 60.3 Å². The second-order valence-corrected chi connectivity index (χ2v) is 11.8. The Kier molecular flexibility index (Phi) is 13.1. The molecule has 0 amide bonds. The Morgan fingerprint density at radius 3 is 1.51 bits per heavy atom. The van der Waals surface area contributed by atoms with E-state index in [2.05, 4.69) is 85.1 Å². The summed E-state index contributed by atoms with van der Waals surface area (Å²) in [6, 6.07) is 5.29. The number of ether oxygens (including phenoxy) is 1. The van der Waals surface area contributed by atoms with Gasteiger partial charge in [-0.3, -0.25) is 0 Å². The van der Waals surface area contributed by atoms with Gasteiger partial charge in [0.15, 0.2) is 0 Å². The van der Waals surface area contributed by atoms with Crippen molar-refractivity contribution in [2.24, 2.45) is 0 Å². The van der Waals surface area contributed by atoms with E-state index in [-0.39, 0.29) is 10.8 Å². The summed E-state index contributed by atoms with van der Waals surface area (Å²) in [5, 5.41) is 11.2. The first kappa shape index (κ1) is 31.8. The third-order valence-electron chi connectivity index (χ3n) is 8.49. The summed E-state index contributed by atoms with van der Waals surface area (Å²) in [6.07, 6.45) is 6.79. The van der Waals surface area contributed by atoms with Crippen LogP contribution in [0.4, 0.5) is 0 Å². The van der Waals surface area contributed by atoms with E-state index in [1.807, 2.05) is 6.07 Å². The van der Waals surface area contributed by atoms with Crippen LogP contribution in [0, 0.1) is 0 Å². The molecule has 0 heterocycles. The van der Waals surface area contributed by atoms with Crippen molar-refractivity contribution in [1.82, 2.24) is 9.80 Å². The molecule has 0 radical (unpaired) electrons. The standard InChI is InChI=1S/C31H58N2O2/c1-12-32(13-2)24(5)18-16-20-30(7,8)26-23-29(35-11)27(22-28(26)34)31(9,10)21-17-19-25(6)33(14-3)15-4/h22-25,34H,12-21H2,1-11H3. The van der Waals surface area contributed by atoms with Crippen LogP contribution in [0.15, 0.2) is 12.1 Å². The van der Waals surface area contributed by atoms with E-state index in [0.29, 0.717) is 17.8 Å². The first-order chi connectivity index (χ1) is 16.4. The summed E-state index contributed by atoms with van der Waals surface area (Å²) >= 11 is 0. The molecule has 2 atom stereocenters. The zero-order valence-corrected chi connectivity index (χ0v) is 25.1. The van der Waals surface area contributed by atoms with Crippen molar-refractivity contribution in [3.63, 3.8) is 0 Å². The van der Waals surface area contributed by atoms with Crippen molar-refractivity contribution in [2.75, 3.05) is 33.3 Å². The molecule has 0 saturated carbocycles. The van der Waals surface area contributed by atoms with Gasteiger partial charge in [-0.25, -0.2) is 0 Å². The van der Waals surface area contributed by atoms with Crippen LogP contribution >= 0.6 is 0 Å². The van der Waals surface area contributed by atoms with Gasteiger partial charge in [0.25, 0.3) is 0 Å².